The predicted octanol–water partition coefficient (Wildman–Crippen LogP) is 2.65. The molecule has 0 bridgehead atoms. The third-order valence-corrected chi connectivity index (χ3v) is 2.36. The number of nitrogens with zero attached hydrogens (tertiary/aromatic N) is 1. The Hall–Kier alpha value is -1.92. The van der Waals surface area contributed by atoms with Crippen LogP contribution in [0.15, 0.2) is 11.8 Å². The summed E-state index contributed by atoms with van der Waals surface area (Å²) in [6.45, 7) is 0. The lowest BCUT2D eigenvalue weighted by Gasteiger charge is -2.14. The van der Waals surface area contributed by atoms with Crippen LogP contribution in [0.5, 0.6) is 5.75 Å². The molecule has 0 unspecified atom stereocenters. The van der Waals surface area contributed by atoms with Gasteiger partial charge in [-0.1, -0.05) is 0 Å². The Morgan fingerprint density at radius 2 is 1.67 bits per heavy atom. The van der Waals surface area contributed by atoms with E-state index in [4.69, 9.17) is 4.74 Å². The SMILES string of the molecule is O=C1C=C(Oc2c(F)c(F)nc(F)c2F)CCC1. The lowest BCUT2D eigenvalue weighted by Crippen LogP contribution is -2.10. The predicted molar refractivity (Wildman–Crippen MR) is 51.6 cm³/mol. The van der Waals surface area contributed by atoms with Crippen LogP contribution < -0.4 is 4.74 Å². The van der Waals surface area contributed by atoms with Crippen LogP contribution in [0.3, 0.4) is 0 Å². The van der Waals surface area contributed by atoms with E-state index in [2.05, 4.69) is 4.98 Å². The first-order chi connectivity index (χ1) is 8.49. The molecule has 7 heteroatoms. The summed E-state index contributed by atoms with van der Waals surface area (Å²) in [5.74, 6) is -8.58. The smallest absolute Gasteiger partial charge is 0.255 e. The quantitative estimate of drug-likeness (QED) is 0.607. The maximum Gasteiger partial charge on any atom is 0.255 e. The van der Waals surface area contributed by atoms with Gasteiger partial charge in [-0.2, -0.15) is 22.5 Å². The van der Waals surface area contributed by atoms with E-state index >= 15 is 0 Å². The van der Waals surface area contributed by atoms with Gasteiger partial charge in [-0.05, 0) is 6.42 Å². The number of halogens is 4. The second kappa shape index (κ2) is 4.75. The van der Waals surface area contributed by atoms with Crippen molar-refractivity contribution in [1.29, 1.82) is 0 Å². The van der Waals surface area contributed by atoms with Crippen LogP contribution in [0.4, 0.5) is 17.6 Å². The van der Waals surface area contributed by atoms with Gasteiger partial charge in [0.25, 0.3) is 11.9 Å². The van der Waals surface area contributed by atoms with Crippen LogP contribution in [-0.2, 0) is 4.79 Å². The standard InChI is InChI=1S/C11H7F4NO2/c12-7-9(8(13)11(15)16-10(7)14)18-6-3-1-2-5(17)4-6/h4H,1-3H2. The first-order valence-corrected chi connectivity index (χ1v) is 5.10. The minimum Gasteiger partial charge on any atom is -0.455 e. The number of allylic oxidation sites excluding steroid dienone is 2. The van der Waals surface area contributed by atoms with Gasteiger partial charge in [0.05, 0.1) is 0 Å². The third-order valence-electron chi connectivity index (χ3n) is 2.36. The second-order valence-corrected chi connectivity index (χ2v) is 3.68. The van der Waals surface area contributed by atoms with Crippen molar-refractivity contribution in [1.82, 2.24) is 4.98 Å². The van der Waals surface area contributed by atoms with Crippen molar-refractivity contribution in [2.75, 3.05) is 0 Å². The summed E-state index contributed by atoms with van der Waals surface area (Å²) in [5, 5.41) is 0. The summed E-state index contributed by atoms with van der Waals surface area (Å²) in [4.78, 5) is 13.5. The lowest BCUT2D eigenvalue weighted by atomic mass is 10.1. The monoisotopic (exact) mass is 261 g/mol. The Morgan fingerprint density at radius 1 is 1.06 bits per heavy atom. The van der Waals surface area contributed by atoms with Gasteiger partial charge in [0.2, 0.25) is 17.4 Å². The Morgan fingerprint density at radius 3 is 2.22 bits per heavy atom. The average Bonchev–Trinajstić information content (AvgIpc) is 2.32. The Labute approximate surface area is 99.1 Å². The molecule has 3 nitrogen and oxygen atoms in total. The summed E-state index contributed by atoms with van der Waals surface area (Å²) >= 11 is 0. The summed E-state index contributed by atoms with van der Waals surface area (Å²) in [5.41, 5.74) is 0. The number of rotatable bonds is 2. The van der Waals surface area contributed by atoms with Gasteiger partial charge in [0, 0.05) is 18.9 Å². The van der Waals surface area contributed by atoms with Gasteiger partial charge >= 0.3 is 0 Å². The summed E-state index contributed by atoms with van der Waals surface area (Å²) in [6.07, 6.45) is 2.07. The zero-order chi connectivity index (χ0) is 13.3. The molecule has 0 amide bonds. The van der Waals surface area contributed by atoms with Crippen molar-refractivity contribution in [2.24, 2.45) is 0 Å². The molecule has 18 heavy (non-hydrogen) atoms. The number of ketones is 1. The fraction of sp³-hybridized carbons (Fsp3) is 0.273. The molecule has 0 aromatic carbocycles. The maximum absolute atomic E-state index is 13.2. The van der Waals surface area contributed by atoms with Crippen LogP contribution in [-0.4, -0.2) is 10.8 Å². The second-order valence-electron chi connectivity index (χ2n) is 3.68. The molecular weight excluding hydrogens is 254 g/mol. The fourth-order valence-corrected chi connectivity index (χ4v) is 1.53. The van der Waals surface area contributed by atoms with Gasteiger partial charge in [-0.25, -0.2) is 0 Å². The van der Waals surface area contributed by atoms with Gasteiger partial charge in [0.1, 0.15) is 5.76 Å². The Balaban J connectivity index is 2.37. The van der Waals surface area contributed by atoms with E-state index in [1.165, 1.54) is 0 Å². The van der Waals surface area contributed by atoms with Gasteiger partial charge in [-0.3, -0.25) is 4.79 Å². The van der Waals surface area contributed by atoms with E-state index in [0.29, 0.717) is 12.8 Å². The Kier molecular flexibility index (Phi) is 3.31. The molecule has 0 aliphatic heterocycles. The zero-order valence-electron chi connectivity index (χ0n) is 8.97. The van der Waals surface area contributed by atoms with Crippen LogP contribution >= 0.6 is 0 Å². The number of carbonyl (C=O) groups is 1. The first-order valence-electron chi connectivity index (χ1n) is 5.10. The van der Waals surface area contributed by atoms with E-state index in [1.54, 1.807) is 0 Å². The van der Waals surface area contributed by atoms with Crippen LogP contribution in [0, 0.1) is 23.5 Å². The highest BCUT2D eigenvalue weighted by Gasteiger charge is 2.24. The fourth-order valence-electron chi connectivity index (χ4n) is 1.53. The highest BCUT2D eigenvalue weighted by Crippen LogP contribution is 2.28. The first kappa shape index (κ1) is 12.5. The van der Waals surface area contributed by atoms with Gasteiger partial charge in [-0.15, -0.1) is 0 Å². The minimum atomic E-state index is -1.80. The van der Waals surface area contributed by atoms with E-state index in [0.717, 1.165) is 6.08 Å². The van der Waals surface area contributed by atoms with Crippen molar-refractivity contribution in [3.05, 3.63) is 35.4 Å². The molecule has 96 valence electrons. The number of pyridine rings is 1. The molecule has 0 radical (unpaired) electrons. The van der Waals surface area contributed by atoms with E-state index in [1.807, 2.05) is 0 Å². The van der Waals surface area contributed by atoms with E-state index in [-0.39, 0.29) is 18.0 Å². The van der Waals surface area contributed by atoms with Crippen molar-refractivity contribution >= 4 is 5.78 Å². The molecule has 0 fully saturated rings. The molecule has 1 aliphatic carbocycles. The summed E-state index contributed by atoms with van der Waals surface area (Å²) in [6, 6.07) is 0. The molecule has 0 spiro atoms. The van der Waals surface area contributed by atoms with Crippen LogP contribution in [0.1, 0.15) is 19.3 Å². The van der Waals surface area contributed by atoms with Gasteiger partial charge < -0.3 is 4.74 Å². The molecule has 2 rings (SSSR count). The van der Waals surface area contributed by atoms with Crippen molar-refractivity contribution < 1.29 is 27.1 Å². The lowest BCUT2D eigenvalue weighted by molar-refractivity contribution is -0.115. The van der Waals surface area contributed by atoms with Crippen molar-refractivity contribution in [3.8, 4) is 5.75 Å². The molecule has 1 heterocycles. The molecule has 0 saturated carbocycles. The number of hydrogen-bond acceptors (Lipinski definition) is 3. The molecule has 0 N–H and O–H groups in total. The number of aromatic nitrogens is 1. The average molecular weight is 261 g/mol. The number of ether oxygens (including phenoxy) is 1. The van der Waals surface area contributed by atoms with Crippen molar-refractivity contribution in [3.63, 3.8) is 0 Å². The molecule has 0 atom stereocenters. The van der Waals surface area contributed by atoms with Crippen LogP contribution in [0.2, 0.25) is 0 Å². The molecule has 1 aromatic heterocycles. The maximum atomic E-state index is 13.2. The highest BCUT2D eigenvalue weighted by molar-refractivity contribution is 5.90. The largest absolute Gasteiger partial charge is 0.455 e. The van der Waals surface area contributed by atoms with E-state index in [9.17, 15) is 22.4 Å². The molecule has 1 aromatic rings. The topological polar surface area (TPSA) is 39.2 Å². The summed E-state index contributed by atoms with van der Waals surface area (Å²) < 4.78 is 56.7. The zero-order valence-corrected chi connectivity index (χ0v) is 8.97. The third kappa shape index (κ3) is 2.34. The molecule has 0 saturated heterocycles. The minimum absolute atomic E-state index is 0.0333. The molecule has 1 aliphatic rings. The number of hydrogen-bond donors (Lipinski definition) is 0. The normalized spacial score (nSPS) is 15.6. The van der Waals surface area contributed by atoms with Crippen molar-refractivity contribution in [2.45, 2.75) is 19.3 Å². The van der Waals surface area contributed by atoms with Gasteiger partial charge in [0.15, 0.2) is 5.78 Å². The Bertz CT molecular complexity index is 516. The van der Waals surface area contributed by atoms with Crippen LogP contribution in [0.25, 0.3) is 0 Å². The molecular formula is C11H7F4NO2. The highest BCUT2D eigenvalue weighted by atomic mass is 19.2. The van der Waals surface area contributed by atoms with E-state index < -0.39 is 29.3 Å². The summed E-state index contributed by atoms with van der Waals surface area (Å²) in [7, 11) is 0. The number of carbonyl (C=O) groups excluding carboxylic acids is 1.